The van der Waals surface area contributed by atoms with Gasteiger partial charge < -0.3 is 38.6 Å². The van der Waals surface area contributed by atoms with Gasteiger partial charge in [0.05, 0.1) is 66.3 Å². The molecule has 4 aromatic rings. The van der Waals surface area contributed by atoms with Crippen LogP contribution in [0.25, 0.3) is 22.5 Å². The standard InChI is InChI=1S/C12H14ClNO6S.C11H8Cl2N2O2.C11H8ClFN2O2.C11H12ClNO6S/c1-19-3-6-4-21-11-7(2-8(15)20-5-13)10(16)14(11)9(6)12(17)18;2*12-7-17-11(16)15-6-5-10(14-15)8-1-3-9(13)4-2-8;1-18-6-3-20-10-5(2-7(14)19-4-12)9(15)13(10)8(6)11(16)17/h7,11H,2-5H2,1H3,(H,17,18);2*1-6H,7H2;5,10H,2-4H2,1H3,(H,16,17)/t7?,11-;;;5-,10-/m0..1/s1. The van der Waals surface area contributed by atoms with E-state index >= 15 is 0 Å². The number of esters is 2. The van der Waals surface area contributed by atoms with Crippen LogP contribution in [0, 0.1) is 17.7 Å². The molecule has 1 unspecified atom stereocenters. The summed E-state index contributed by atoms with van der Waals surface area (Å²) in [4.78, 5) is 94.5. The minimum atomic E-state index is -1.22. The maximum Gasteiger partial charge on any atom is 0.435 e. The lowest BCUT2D eigenvalue weighted by atomic mass is 9.92. The van der Waals surface area contributed by atoms with E-state index in [0.29, 0.717) is 39.1 Å². The number of fused-ring (bicyclic) bond motifs is 2. The maximum atomic E-state index is 12.7. The Morgan fingerprint density at radius 1 is 0.640 bits per heavy atom. The molecule has 6 heterocycles. The number of carboxylic acid groups (broad SMARTS) is 2. The van der Waals surface area contributed by atoms with E-state index in [1.807, 2.05) is 12.1 Å². The third-order valence-electron chi connectivity index (χ3n) is 10.6. The number of ether oxygens (including phenoxy) is 6. The predicted octanol–water partition coefficient (Wildman–Crippen LogP) is 7.48. The van der Waals surface area contributed by atoms with Crippen LogP contribution in [0.3, 0.4) is 0 Å². The molecular weight excluding hydrogens is 1140 g/mol. The third kappa shape index (κ3) is 15.3. The minimum Gasteiger partial charge on any atom is -0.498 e. The molecule has 0 radical (unpaired) electrons. The molecule has 0 bridgehead atoms. The molecule has 75 heavy (non-hydrogen) atoms. The van der Waals surface area contributed by atoms with Crippen LogP contribution in [0.5, 0.6) is 0 Å². The van der Waals surface area contributed by atoms with E-state index in [0.717, 1.165) is 19.8 Å². The van der Waals surface area contributed by atoms with E-state index in [9.17, 15) is 53.0 Å². The number of amides is 2. The Balaban J connectivity index is 0.000000186. The van der Waals surface area contributed by atoms with Gasteiger partial charge >= 0.3 is 36.1 Å². The van der Waals surface area contributed by atoms with Crippen molar-refractivity contribution >= 4 is 129 Å². The second-order valence-electron chi connectivity index (χ2n) is 15.0. The number of alkyl halides is 4. The summed E-state index contributed by atoms with van der Waals surface area (Å²) in [7, 11) is 2.82. The van der Waals surface area contributed by atoms with E-state index in [1.165, 1.54) is 67.2 Å². The monoisotopic (exact) mass is 1180 g/mol. The number of rotatable bonds is 15. The summed E-state index contributed by atoms with van der Waals surface area (Å²) >= 11 is 29.7. The maximum absolute atomic E-state index is 12.7. The van der Waals surface area contributed by atoms with Crippen molar-refractivity contribution in [3.8, 4) is 22.5 Å². The summed E-state index contributed by atoms with van der Waals surface area (Å²) in [6, 6.07) is 15.3. The fourth-order valence-electron chi connectivity index (χ4n) is 7.21. The van der Waals surface area contributed by atoms with Crippen LogP contribution in [0.4, 0.5) is 14.0 Å². The highest BCUT2D eigenvalue weighted by atomic mass is 35.5. The lowest BCUT2D eigenvalue weighted by Crippen LogP contribution is -2.62. The fourth-order valence-corrected chi connectivity index (χ4v) is 10.5. The average Bonchev–Trinajstić information content (AvgIpc) is 4.10. The number of methoxy groups -OCH3 is 2. The van der Waals surface area contributed by atoms with Crippen molar-refractivity contribution in [2.45, 2.75) is 23.6 Å². The Morgan fingerprint density at radius 2 is 1.07 bits per heavy atom. The van der Waals surface area contributed by atoms with Crippen LogP contribution in [0.2, 0.25) is 5.02 Å². The van der Waals surface area contributed by atoms with Crippen LogP contribution in [-0.2, 0) is 57.2 Å². The quantitative estimate of drug-likeness (QED) is 0.0505. The topological polar surface area (TPSA) is 275 Å². The molecule has 4 aliphatic rings. The number of carbonyl (C=O) groups is 8. The van der Waals surface area contributed by atoms with Gasteiger partial charge in [-0.25, -0.2) is 23.6 Å². The molecule has 2 aromatic heterocycles. The van der Waals surface area contributed by atoms with E-state index in [-0.39, 0.29) is 83.3 Å². The Labute approximate surface area is 458 Å². The average molecular weight is 1180 g/mol. The van der Waals surface area contributed by atoms with E-state index in [2.05, 4.69) is 29.1 Å². The molecule has 2 saturated heterocycles. The predicted molar refractivity (Wildman–Crippen MR) is 270 cm³/mol. The van der Waals surface area contributed by atoms with Crippen molar-refractivity contribution in [1.82, 2.24) is 29.4 Å². The van der Waals surface area contributed by atoms with Gasteiger partial charge in [-0.05, 0) is 54.1 Å². The first-order valence-electron chi connectivity index (χ1n) is 21.3. The van der Waals surface area contributed by atoms with Gasteiger partial charge in [-0.3, -0.25) is 29.0 Å². The van der Waals surface area contributed by atoms with Gasteiger partial charge in [0.1, 0.15) is 17.3 Å². The van der Waals surface area contributed by atoms with Gasteiger partial charge in [-0.15, -0.1) is 23.5 Å². The molecule has 0 spiro atoms. The van der Waals surface area contributed by atoms with Crippen molar-refractivity contribution in [2.75, 3.05) is 56.6 Å². The highest BCUT2D eigenvalue weighted by molar-refractivity contribution is 8.00. The van der Waals surface area contributed by atoms with Gasteiger partial charge in [-0.1, -0.05) is 70.1 Å². The van der Waals surface area contributed by atoms with Crippen molar-refractivity contribution in [3.05, 3.63) is 107 Å². The van der Waals surface area contributed by atoms with Gasteiger partial charge in [-0.2, -0.15) is 19.6 Å². The number of carboxylic acids is 2. The number of nitrogens with zero attached hydrogens (tertiary/aromatic N) is 6. The number of hydrogen-bond donors (Lipinski definition) is 2. The second-order valence-corrected chi connectivity index (χ2v) is 18.5. The molecule has 402 valence electrons. The number of thioether (sulfide) groups is 2. The summed E-state index contributed by atoms with van der Waals surface area (Å²) in [5.74, 6) is -4.76. The number of halogens is 6. The summed E-state index contributed by atoms with van der Waals surface area (Å²) in [6.45, 7) is 0.157. The number of aromatic nitrogens is 4. The van der Waals surface area contributed by atoms with Crippen LogP contribution >= 0.6 is 81.5 Å². The summed E-state index contributed by atoms with van der Waals surface area (Å²) in [5.41, 5.74) is 3.16. The molecule has 8 rings (SSSR count). The Morgan fingerprint density at radius 3 is 1.48 bits per heavy atom. The van der Waals surface area contributed by atoms with Crippen molar-refractivity contribution < 1.29 is 81.4 Å². The molecule has 2 fully saturated rings. The van der Waals surface area contributed by atoms with E-state index < -0.39 is 53.8 Å². The number of benzene rings is 2. The zero-order valence-corrected chi connectivity index (χ0v) is 44.4. The first-order valence-corrected chi connectivity index (χ1v) is 25.9. The smallest absolute Gasteiger partial charge is 0.435 e. The molecule has 2 N–H and O–H groups in total. The molecule has 0 saturated carbocycles. The molecule has 22 nitrogen and oxygen atoms in total. The summed E-state index contributed by atoms with van der Waals surface area (Å²) in [6.07, 6.45) is 1.50. The largest absolute Gasteiger partial charge is 0.498 e. The molecule has 0 aliphatic carbocycles. The Hall–Kier alpha value is -6.06. The molecule has 2 amide bonds. The van der Waals surface area contributed by atoms with E-state index in [4.69, 9.17) is 67.5 Å². The zero-order chi connectivity index (χ0) is 54.9. The first kappa shape index (κ1) is 59.8. The molecule has 4 atom stereocenters. The van der Waals surface area contributed by atoms with Crippen molar-refractivity contribution in [2.24, 2.45) is 11.8 Å². The fraction of sp³-hybridized carbons (Fsp3) is 0.333. The van der Waals surface area contributed by atoms with Crippen molar-refractivity contribution in [3.63, 3.8) is 0 Å². The Bertz CT molecular complexity index is 2700. The second kappa shape index (κ2) is 28.7. The number of aliphatic carboxylic acids is 2. The third-order valence-corrected chi connectivity index (χ3v) is 14.0. The molecule has 2 aromatic carbocycles. The van der Waals surface area contributed by atoms with Gasteiger partial charge in [0.2, 0.25) is 11.8 Å². The molecule has 4 aliphatic heterocycles. The minimum absolute atomic E-state index is 0.0347. The summed E-state index contributed by atoms with van der Waals surface area (Å²) < 4.78 is 43.2. The van der Waals surface area contributed by atoms with Gasteiger partial charge in [0.25, 0.3) is 0 Å². The van der Waals surface area contributed by atoms with Gasteiger partial charge in [0.15, 0.2) is 30.0 Å². The highest BCUT2D eigenvalue weighted by Crippen LogP contribution is 2.46. The zero-order valence-electron chi connectivity index (χ0n) is 39.0. The summed E-state index contributed by atoms with van der Waals surface area (Å²) in [5, 5.41) is 26.5. The molecular formula is C45H42Cl5FN6O16S2. The van der Waals surface area contributed by atoms with E-state index in [1.54, 1.807) is 36.4 Å². The Kier molecular flexibility index (Phi) is 22.9. The number of β-lactam (4-membered cyclic amide) rings is 2. The normalized spacial score (nSPS) is 18.1. The first-order chi connectivity index (χ1) is 35.9. The number of hydrogen-bond acceptors (Lipinski definition) is 18. The number of carbonyl (C=O) groups excluding carboxylic acids is 6. The van der Waals surface area contributed by atoms with Crippen molar-refractivity contribution in [1.29, 1.82) is 0 Å². The van der Waals surface area contributed by atoms with Crippen LogP contribution < -0.4 is 0 Å². The lowest BCUT2D eigenvalue weighted by molar-refractivity contribution is -0.158. The van der Waals surface area contributed by atoms with Crippen LogP contribution in [0.1, 0.15) is 12.8 Å². The van der Waals surface area contributed by atoms with Crippen LogP contribution in [-0.4, -0.2) is 155 Å². The lowest BCUT2D eigenvalue weighted by Gasteiger charge is -2.49. The van der Waals surface area contributed by atoms with Crippen LogP contribution in [0.15, 0.2) is 95.8 Å². The molecule has 30 heteroatoms. The highest BCUT2D eigenvalue weighted by Gasteiger charge is 2.55. The SMILES string of the molecule is COC1=C(C(=O)O)N2C(=O)[C@@H](CC(=O)OCCl)[C@H]2SC1.COCC1=C(C(=O)O)N2C(=O)C(CC(=O)OCCl)[C@@H]2SC1.O=C(OCCl)n1ccc(-c2ccc(Cl)cc2)n1.O=C(OCCl)n1ccc(-c2ccc(F)cc2)n1. The van der Waals surface area contributed by atoms with Gasteiger partial charge in [0, 0.05) is 41.4 Å².